The molecule has 0 amide bonds. The molecule has 0 fully saturated rings. The highest BCUT2D eigenvalue weighted by Crippen LogP contribution is 2.15. The van der Waals surface area contributed by atoms with Crippen LogP contribution in [0.4, 0.5) is 0 Å². The summed E-state index contributed by atoms with van der Waals surface area (Å²) in [5, 5.41) is 0. The Morgan fingerprint density at radius 1 is 1.38 bits per heavy atom. The maximum absolute atomic E-state index is 11.3. The molecule has 1 aromatic rings. The highest BCUT2D eigenvalue weighted by Gasteiger charge is 2.09. The molecule has 0 heterocycles. The first-order valence-electron chi connectivity index (χ1n) is 4.87. The van der Waals surface area contributed by atoms with Gasteiger partial charge in [0.15, 0.2) is 9.84 Å². The summed E-state index contributed by atoms with van der Waals surface area (Å²) < 4.78 is 27.9. The molecule has 1 aromatic carbocycles. The van der Waals surface area contributed by atoms with Crippen molar-refractivity contribution in [1.29, 1.82) is 0 Å². The molecular weight excluding hydrogens is 224 g/mol. The van der Waals surface area contributed by atoms with Gasteiger partial charge in [-0.2, -0.15) is 0 Å². The number of hydrogen-bond donors (Lipinski definition) is 0. The van der Waals surface area contributed by atoms with Crippen molar-refractivity contribution in [2.24, 2.45) is 0 Å². The number of rotatable bonds is 5. The zero-order chi connectivity index (χ0) is 12.0. The largest absolute Gasteiger partial charge is 0.492 e. The number of ether oxygens (including phenoxy) is 1. The summed E-state index contributed by atoms with van der Waals surface area (Å²) in [6, 6.07) is 7.46. The lowest BCUT2D eigenvalue weighted by molar-refractivity contribution is 0.338. The van der Waals surface area contributed by atoms with Gasteiger partial charge >= 0.3 is 0 Å². The first-order valence-corrected chi connectivity index (χ1v) is 6.69. The van der Waals surface area contributed by atoms with Crippen LogP contribution in [-0.2, 0) is 9.84 Å². The lowest BCUT2D eigenvalue weighted by Crippen LogP contribution is -2.16. The second-order valence-corrected chi connectivity index (χ2v) is 5.59. The molecule has 3 nitrogen and oxygen atoms in total. The number of terminal acetylenes is 1. The number of para-hydroxylation sites is 1. The Labute approximate surface area is 96.4 Å². The van der Waals surface area contributed by atoms with E-state index in [0.29, 0.717) is 5.75 Å². The highest BCUT2D eigenvalue weighted by molar-refractivity contribution is 7.91. The fourth-order valence-corrected chi connectivity index (χ4v) is 1.93. The van der Waals surface area contributed by atoms with E-state index < -0.39 is 9.84 Å². The SMILES string of the molecule is C#CCS(=O)(=O)CCOc1ccccc1C. The molecule has 0 saturated carbocycles. The Morgan fingerprint density at radius 3 is 2.69 bits per heavy atom. The molecule has 0 radical (unpaired) electrons. The van der Waals surface area contributed by atoms with Crippen LogP contribution in [0, 0.1) is 19.3 Å². The summed E-state index contributed by atoms with van der Waals surface area (Å²) in [5.41, 5.74) is 0.983. The summed E-state index contributed by atoms with van der Waals surface area (Å²) in [6.07, 6.45) is 4.95. The zero-order valence-electron chi connectivity index (χ0n) is 9.14. The third-order valence-corrected chi connectivity index (χ3v) is 3.44. The van der Waals surface area contributed by atoms with Crippen LogP contribution in [0.3, 0.4) is 0 Å². The lowest BCUT2D eigenvalue weighted by atomic mass is 10.2. The minimum absolute atomic E-state index is 0.0501. The third-order valence-electron chi connectivity index (χ3n) is 2.05. The van der Waals surface area contributed by atoms with E-state index in [9.17, 15) is 8.42 Å². The van der Waals surface area contributed by atoms with E-state index in [1.807, 2.05) is 31.2 Å². The van der Waals surface area contributed by atoms with Gasteiger partial charge < -0.3 is 4.74 Å². The van der Waals surface area contributed by atoms with Crippen molar-refractivity contribution >= 4 is 9.84 Å². The molecule has 0 aliphatic carbocycles. The van der Waals surface area contributed by atoms with E-state index in [4.69, 9.17) is 11.2 Å². The smallest absolute Gasteiger partial charge is 0.164 e. The zero-order valence-corrected chi connectivity index (χ0v) is 9.96. The minimum Gasteiger partial charge on any atom is -0.492 e. The van der Waals surface area contributed by atoms with Crippen molar-refractivity contribution in [3.8, 4) is 18.1 Å². The molecule has 0 atom stereocenters. The van der Waals surface area contributed by atoms with E-state index in [-0.39, 0.29) is 18.1 Å². The van der Waals surface area contributed by atoms with Crippen LogP contribution in [-0.4, -0.2) is 26.5 Å². The second kappa shape index (κ2) is 5.57. The molecule has 86 valence electrons. The van der Waals surface area contributed by atoms with Gasteiger partial charge in [0.05, 0.1) is 5.75 Å². The Bertz CT molecular complexity index is 483. The van der Waals surface area contributed by atoms with Crippen LogP contribution in [0.15, 0.2) is 24.3 Å². The molecule has 0 saturated heterocycles. The van der Waals surface area contributed by atoms with Crippen LogP contribution < -0.4 is 4.74 Å². The fraction of sp³-hybridized carbons (Fsp3) is 0.333. The Balaban J connectivity index is 2.49. The van der Waals surface area contributed by atoms with E-state index in [2.05, 4.69) is 5.92 Å². The summed E-state index contributed by atoms with van der Waals surface area (Å²) in [7, 11) is -3.18. The summed E-state index contributed by atoms with van der Waals surface area (Å²) in [6.45, 7) is 2.04. The van der Waals surface area contributed by atoms with Crippen molar-refractivity contribution in [3.05, 3.63) is 29.8 Å². The molecule has 0 N–H and O–H groups in total. The lowest BCUT2D eigenvalue weighted by Gasteiger charge is -2.08. The van der Waals surface area contributed by atoms with Crippen LogP contribution >= 0.6 is 0 Å². The van der Waals surface area contributed by atoms with Gasteiger partial charge in [0.1, 0.15) is 18.1 Å². The van der Waals surface area contributed by atoms with Gasteiger partial charge in [-0.1, -0.05) is 24.1 Å². The van der Waals surface area contributed by atoms with Crippen LogP contribution in [0.5, 0.6) is 5.75 Å². The van der Waals surface area contributed by atoms with Gasteiger partial charge in [-0.15, -0.1) is 6.42 Å². The molecule has 0 aromatic heterocycles. The van der Waals surface area contributed by atoms with Crippen molar-refractivity contribution in [1.82, 2.24) is 0 Å². The van der Waals surface area contributed by atoms with Gasteiger partial charge in [0, 0.05) is 0 Å². The summed E-state index contributed by atoms with van der Waals surface area (Å²) in [4.78, 5) is 0. The van der Waals surface area contributed by atoms with Gasteiger partial charge in [-0.05, 0) is 18.6 Å². The van der Waals surface area contributed by atoms with Crippen LogP contribution in [0.25, 0.3) is 0 Å². The molecule has 0 spiro atoms. The molecule has 0 aliphatic heterocycles. The van der Waals surface area contributed by atoms with Gasteiger partial charge in [-0.25, -0.2) is 8.42 Å². The second-order valence-electron chi connectivity index (χ2n) is 3.41. The van der Waals surface area contributed by atoms with Crippen molar-refractivity contribution in [2.45, 2.75) is 6.92 Å². The summed E-state index contributed by atoms with van der Waals surface area (Å²) in [5.74, 6) is 2.55. The Morgan fingerprint density at radius 2 is 2.06 bits per heavy atom. The van der Waals surface area contributed by atoms with Gasteiger partial charge in [0.25, 0.3) is 0 Å². The summed E-state index contributed by atoms with van der Waals surface area (Å²) >= 11 is 0. The van der Waals surface area contributed by atoms with E-state index >= 15 is 0 Å². The number of sulfone groups is 1. The first kappa shape index (κ1) is 12.6. The highest BCUT2D eigenvalue weighted by atomic mass is 32.2. The van der Waals surface area contributed by atoms with Crippen molar-refractivity contribution in [2.75, 3.05) is 18.1 Å². The Hall–Kier alpha value is -1.47. The molecule has 4 heteroatoms. The molecule has 0 unspecified atom stereocenters. The van der Waals surface area contributed by atoms with Gasteiger partial charge in [0.2, 0.25) is 0 Å². The van der Waals surface area contributed by atoms with Gasteiger partial charge in [-0.3, -0.25) is 0 Å². The molecular formula is C12H14O3S. The topological polar surface area (TPSA) is 43.4 Å². The Kier molecular flexibility index (Phi) is 4.39. The maximum Gasteiger partial charge on any atom is 0.164 e. The van der Waals surface area contributed by atoms with E-state index in [1.165, 1.54) is 0 Å². The molecule has 0 aliphatic rings. The number of aryl methyl sites for hydroxylation is 1. The number of benzene rings is 1. The third kappa shape index (κ3) is 3.95. The number of hydrogen-bond acceptors (Lipinski definition) is 3. The van der Waals surface area contributed by atoms with E-state index in [1.54, 1.807) is 0 Å². The maximum atomic E-state index is 11.3. The average molecular weight is 238 g/mol. The normalized spacial score (nSPS) is 10.8. The van der Waals surface area contributed by atoms with Crippen molar-refractivity contribution in [3.63, 3.8) is 0 Å². The monoisotopic (exact) mass is 238 g/mol. The molecule has 0 bridgehead atoms. The van der Waals surface area contributed by atoms with Crippen LogP contribution in [0.1, 0.15) is 5.56 Å². The van der Waals surface area contributed by atoms with Crippen molar-refractivity contribution < 1.29 is 13.2 Å². The van der Waals surface area contributed by atoms with E-state index in [0.717, 1.165) is 5.56 Å². The fourth-order valence-electron chi connectivity index (χ4n) is 1.20. The average Bonchev–Trinajstić information content (AvgIpc) is 2.20. The molecule has 1 rings (SSSR count). The molecule has 16 heavy (non-hydrogen) atoms. The predicted molar refractivity (Wildman–Crippen MR) is 64.2 cm³/mol. The predicted octanol–water partition coefficient (Wildman–Crippen LogP) is 1.42. The quantitative estimate of drug-likeness (QED) is 0.729. The minimum atomic E-state index is -3.18. The first-order chi connectivity index (χ1) is 7.55. The standard InChI is InChI=1S/C12H14O3S/c1-3-9-16(13,14)10-8-15-12-7-5-4-6-11(12)2/h1,4-7H,8-10H2,2H3. The van der Waals surface area contributed by atoms with Crippen LogP contribution in [0.2, 0.25) is 0 Å².